The van der Waals surface area contributed by atoms with Crippen LogP contribution in [0.4, 0.5) is 0 Å². The Balaban J connectivity index is 1.98. The summed E-state index contributed by atoms with van der Waals surface area (Å²) in [7, 11) is 0. The number of fused-ring (bicyclic) bond motifs is 1. The molecular weight excluding hydrogens is 190 g/mol. The predicted molar refractivity (Wildman–Crippen MR) is 59.2 cm³/mol. The summed E-state index contributed by atoms with van der Waals surface area (Å²) in [6, 6.07) is 6.63. The third-order valence-corrected chi connectivity index (χ3v) is 2.70. The SMILES string of the molecule is CC[C@H](C)NCc1ccc2c(c1)OCO2. The van der Waals surface area contributed by atoms with Crippen LogP contribution in [0.1, 0.15) is 25.8 Å². The van der Waals surface area contributed by atoms with Crippen molar-refractivity contribution in [1.29, 1.82) is 0 Å². The standard InChI is InChI=1S/C12H17NO2/c1-3-9(2)13-7-10-4-5-11-12(6-10)15-8-14-11/h4-6,9,13H,3,7-8H2,1-2H3/t9-/m0/s1. The fraction of sp³-hybridized carbons (Fsp3) is 0.500. The fourth-order valence-electron chi connectivity index (χ4n) is 1.49. The lowest BCUT2D eigenvalue weighted by Crippen LogP contribution is -2.24. The molecule has 1 aromatic rings. The van der Waals surface area contributed by atoms with Gasteiger partial charge in [-0.15, -0.1) is 0 Å². The third-order valence-electron chi connectivity index (χ3n) is 2.70. The molecule has 0 radical (unpaired) electrons. The van der Waals surface area contributed by atoms with Gasteiger partial charge in [-0.3, -0.25) is 0 Å². The molecule has 0 unspecified atom stereocenters. The Bertz CT molecular complexity index is 338. The lowest BCUT2D eigenvalue weighted by atomic mass is 10.2. The van der Waals surface area contributed by atoms with E-state index in [0.717, 1.165) is 24.5 Å². The van der Waals surface area contributed by atoms with Crippen molar-refractivity contribution < 1.29 is 9.47 Å². The Kier molecular flexibility index (Phi) is 3.11. The molecule has 0 aliphatic carbocycles. The lowest BCUT2D eigenvalue weighted by molar-refractivity contribution is 0.174. The van der Waals surface area contributed by atoms with Gasteiger partial charge in [0.2, 0.25) is 6.79 Å². The lowest BCUT2D eigenvalue weighted by Gasteiger charge is -2.11. The van der Waals surface area contributed by atoms with Crippen molar-refractivity contribution in [3.63, 3.8) is 0 Å². The smallest absolute Gasteiger partial charge is 0.231 e. The molecule has 0 saturated carbocycles. The zero-order chi connectivity index (χ0) is 10.7. The first kappa shape index (κ1) is 10.3. The van der Waals surface area contributed by atoms with Gasteiger partial charge in [-0.2, -0.15) is 0 Å². The summed E-state index contributed by atoms with van der Waals surface area (Å²) in [6.45, 7) is 5.59. The minimum Gasteiger partial charge on any atom is -0.454 e. The summed E-state index contributed by atoms with van der Waals surface area (Å²) in [5, 5.41) is 3.44. The predicted octanol–water partition coefficient (Wildman–Crippen LogP) is 2.30. The molecule has 2 rings (SSSR count). The number of hydrogen-bond acceptors (Lipinski definition) is 3. The van der Waals surface area contributed by atoms with E-state index in [1.807, 2.05) is 12.1 Å². The molecule has 1 aromatic carbocycles. The summed E-state index contributed by atoms with van der Waals surface area (Å²) in [5.41, 5.74) is 1.24. The van der Waals surface area contributed by atoms with E-state index in [0.29, 0.717) is 12.8 Å². The molecule has 0 fully saturated rings. The van der Waals surface area contributed by atoms with Crippen LogP contribution >= 0.6 is 0 Å². The van der Waals surface area contributed by atoms with Crippen LogP contribution in [0.3, 0.4) is 0 Å². The quantitative estimate of drug-likeness (QED) is 0.821. The number of ether oxygens (including phenoxy) is 2. The van der Waals surface area contributed by atoms with Crippen LogP contribution < -0.4 is 14.8 Å². The van der Waals surface area contributed by atoms with E-state index in [9.17, 15) is 0 Å². The first-order valence-corrected chi connectivity index (χ1v) is 5.41. The van der Waals surface area contributed by atoms with Crippen LogP contribution in [0, 0.1) is 0 Å². The fourth-order valence-corrected chi connectivity index (χ4v) is 1.49. The molecule has 15 heavy (non-hydrogen) atoms. The minimum atomic E-state index is 0.345. The van der Waals surface area contributed by atoms with Crippen molar-refractivity contribution in [1.82, 2.24) is 5.32 Å². The Labute approximate surface area is 90.4 Å². The second-order valence-electron chi connectivity index (χ2n) is 3.88. The maximum Gasteiger partial charge on any atom is 0.231 e. The third kappa shape index (κ3) is 2.42. The van der Waals surface area contributed by atoms with Gasteiger partial charge in [0.15, 0.2) is 11.5 Å². The van der Waals surface area contributed by atoms with Crippen molar-refractivity contribution in [3.8, 4) is 11.5 Å². The van der Waals surface area contributed by atoms with Crippen molar-refractivity contribution in [2.45, 2.75) is 32.9 Å². The van der Waals surface area contributed by atoms with Crippen LogP contribution in [0.15, 0.2) is 18.2 Å². The molecule has 82 valence electrons. The zero-order valence-electron chi connectivity index (χ0n) is 9.25. The minimum absolute atomic E-state index is 0.345. The molecule has 0 saturated heterocycles. The first-order valence-electron chi connectivity index (χ1n) is 5.41. The van der Waals surface area contributed by atoms with Gasteiger partial charge in [0, 0.05) is 12.6 Å². The van der Waals surface area contributed by atoms with E-state index in [1.54, 1.807) is 0 Å². The van der Waals surface area contributed by atoms with E-state index in [1.165, 1.54) is 5.56 Å². The summed E-state index contributed by atoms with van der Waals surface area (Å²) < 4.78 is 10.6. The van der Waals surface area contributed by atoms with E-state index in [-0.39, 0.29) is 0 Å². The van der Waals surface area contributed by atoms with Gasteiger partial charge < -0.3 is 14.8 Å². The van der Waals surface area contributed by atoms with Gasteiger partial charge in [0.05, 0.1) is 0 Å². The Morgan fingerprint density at radius 1 is 1.33 bits per heavy atom. The molecule has 0 bridgehead atoms. The van der Waals surface area contributed by atoms with E-state index in [2.05, 4.69) is 25.2 Å². The number of rotatable bonds is 4. The van der Waals surface area contributed by atoms with Crippen LogP contribution in [-0.2, 0) is 6.54 Å². The molecule has 0 spiro atoms. The van der Waals surface area contributed by atoms with Gasteiger partial charge in [-0.1, -0.05) is 13.0 Å². The van der Waals surface area contributed by atoms with Crippen LogP contribution in [0.25, 0.3) is 0 Å². The highest BCUT2D eigenvalue weighted by molar-refractivity contribution is 5.44. The molecular formula is C12H17NO2. The topological polar surface area (TPSA) is 30.5 Å². The van der Waals surface area contributed by atoms with E-state index < -0.39 is 0 Å². The maximum atomic E-state index is 5.32. The Morgan fingerprint density at radius 2 is 2.13 bits per heavy atom. The van der Waals surface area contributed by atoms with E-state index in [4.69, 9.17) is 9.47 Å². The molecule has 3 heteroatoms. The number of nitrogens with one attached hydrogen (secondary N) is 1. The van der Waals surface area contributed by atoms with Crippen molar-refractivity contribution in [3.05, 3.63) is 23.8 Å². The van der Waals surface area contributed by atoms with Crippen LogP contribution in [-0.4, -0.2) is 12.8 Å². The molecule has 1 atom stereocenters. The van der Waals surface area contributed by atoms with Crippen molar-refractivity contribution in [2.24, 2.45) is 0 Å². The van der Waals surface area contributed by atoms with E-state index >= 15 is 0 Å². The summed E-state index contributed by atoms with van der Waals surface area (Å²) >= 11 is 0. The highest BCUT2D eigenvalue weighted by Crippen LogP contribution is 2.32. The van der Waals surface area contributed by atoms with Crippen LogP contribution in [0.2, 0.25) is 0 Å². The van der Waals surface area contributed by atoms with Crippen LogP contribution in [0.5, 0.6) is 11.5 Å². The molecule has 3 nitrogen and oxygen atoms in total. The number of hydrogen-bond donors (Lipinski definition) is 1. The monoisotopic (exact) mass is 207 g/mol. The average molecular weight is 207 g/mol. The summed E-state index contributed by atoms with van der Waals surface area (Å²) in [5.74, 6) is 1.71. The van der Waals surface area contributed by atoms with Gasteiger partial charge in [0.25, 0.3) is 0 Å². The average Bonchev–Trinajstić information content (AvgIpc) is 2.72. The maximum absolute atomic E-state index is 5.32. The largest absolute Gasteiger partial charge is 0.454 e. The molecule has 1 heterocycles. The molecule has 0 amide bonds. The van der Waals surface area contributed by atoms with Gasteiger partial charge in [0.1, 0.15) is 0 Å². The van der Waals surface area contributed by atoms with Crippen molar-refractivity contribution >= 4 is 0 Å². The first-order chi connectivity index (χ1) is 7.29. The molecule has 1 aliphatic heterocycles. The Morgan fingerprint density at radius 3 is 2.93 bits per heavy atom. The second kappa shape index (κ2) is 4.53. The van der Waals surface area contributed by atoms with Gasteiger partial charge in [-0.05, 0) is 31.0 Å². The zero-order valence-corrected chi connectivity index (χ0v) is 9.25. The van der Waals surface area contributed by atoms with Crippen molar-refractivity contribution in [2.75, 3.05) is 6.79 Å². The highest BCUT2D eigenvalue weighted by Gasteiger charge is 2.12. The highest BCUT2D eigenvalue weighted by atomic mass is 16.7. The van der Waals surface area contributed by atoms with Gasteiger partial charge in [-0.25, -0.2) is 0 Å². The molecule has 0 aromatic heterocycles. The molecule has 1 aliphatic rings. The normalized spacial score (nSPS) is 15.3. The summed E-state index contributed by atoms with van der Waals surface area (Å²) in [6.07, 6.45) is 1.14. The summed E-state index contributed by atoms with van der Waals surface area (Å²) in [4.78, 5) is 0. The van der Waals surface area contributed by atoms with Gasteiger partial charge >= 0.3 is 0 Å². The Hall–Kier alpha value is -1.22. The number of benzene rings is 1. The second-order valence-corrected chi connectivity index (χ2v) is 3.88. The molecule has 1 N–H and O–H groups in total.